The number of pyridine rings is 1. The van der Waals surface area contributed by atoms with Crippen LogP contribution in [-0.2, 0) is 9.47 Å². The van der Waals surface area contributed by atoms with E-state index in [9.17, 15) is 9.50 Å². The second-order valence-corrected chi connectivity index (χ2v) is 9.98. The van der Waals surface area contributed by atoms with Crippen LogP contribution < -0.4 is 16.0 Å². The number of halogens is 2. The molecule has 0 unspecified atom stereocenters. The molecule has 1 aliphatic carbocycles. The van der Waals surface area contributed by atoms with E-state index in [1.54, 1.807) is 25.4 Å². The van der Waals surface area contributed by atoms with Gasteiger partial charge in [0.05, 0.1) is 22.9 Å². The van der Waals surface area contributed by atoms with Crippen molar-refractivity contribution in [2.45, 2.75) is 56.2 Å². The van der Waals surface area contributed by atoms with Crippen molar-refractivity contribution in [2.24, 2.45) is 0 Å². The molecule has 0 bridgehead atoms. The number of ether oxygens (including phenoxy) is 2. The number of methoxy groups -OCH3 is 1. The summed E-state index contributed by atoms with van der Waals surface area (Å²) in [6.45, 7) is 2.89. The number of rotatable bonds is 10. The molecule has 0 atom stereocenters. The first kappa shape index (κ1) is 26.1. The molecule has 2 aliphatic rings. The summed E-state index contributed by atoms with van der Waals surface area (Å²) in [6.07, 6.45) is 7.01. The summed E-state index contributed by atoms with van der Waals surface area (Å²) in [5.74, 6) is 0.388. The number of benzene rings is 1. The smallest absolute Gasteiger partial charge is 0.146 e. The molecule has 2 fully saturated rings. The Hall–Kier alpha value is -1.97. The average Bonchev–Trinajstić information content (AvgIpc) is 2.86. The summed E-state index contributed by atoms with van der Waals surface area (Å²) in [7, 11) is 1.72. The van der Waals surface area contributed by atoms with Crippen LogP contribution >= 0.6 is 11.6 Å². The van der Waals surface area contributed by atoms with Crippen molar-refractivity contribution in [3.05, 3.63) is 41.3 Å². The van der Waals surface area contributed by atoms with Crippen LogP contribution in [0.2, 0.25) is 5.02 Å². The van der Waals surface area contributed by atoms with Crippen LogP contribution in [0.1, 0.15) is 38.5 Å². The largest absolute Gasteiger partial charge is 0.388 e. The maximum Gasteiger partial charge on any atom is 0.146 e. The highest BCUT2D eigenvalue weighted by molar-refractivity contribution is 6.33. The Morgan fingerprint density at radius 1 is 1.17 bits per heavy atom. The highest BCUT2D eigenvalue weighted by atomic mass is 35.5. The van der Waals surface area contributed by atoms with Crippen LogP contribution in [0.15, 0.2) is 30.5 Å². The quantitative estimate of drug-likeness (QED) is 0.354. The molecule has 2 aromatic rings. The van der Waals surface area contributed by atoms with Crippen LogP contribution in [0.4, 0.5) is 15.9 Å². The third-order valence-corrected chi connectivity index (χ3v) is 7.28. The third kappa shape index (κ3) is 7.27. The van der Waals surface area contributed by atoms with Gasteiger partial charge in [-0.3, -0.25) is 0 Å². The van der Waals surface area contributed by atoms with Gasteiger partial charge in [0.1, 0.15) is 11.6 Å². The summed E-state index contributed by atoms with van der Waals surface area (Å²) in [4.78, 5) is 4.48. The minimum Gasteiger partial charge on any atom is -0.388 e. The third-order valence-electron chi connectivity index (χ3n) is 6.98. The fraction of sp³-hybridized carbons (Fsp3) is 0.577. The van der Waals surface area contributed by atoms with E-state index in [-0.39, 0.29) is 12.4 Å². The summed E-state index contributed by atoms with van der Waals surface area (Å²) in [6, 6.07) is 7.68. The minimum atomic E-state index is -0.898. The molecule has 1 aromatic carbocycles. The number of nitrogens with zero attached hydrogens (tertiary/aromatic N) is 1. The lowest BCUT2D eigenvalue weighted by Gasteiger charge is -2.32. The SMILES string of the molecule is COCCNC1CCC(Nc2cc(-c3ccc(F)c(NCC4(O)CCOCC4)c3)c(Cl)cn2)CC1. The van der Waals surface area contributed by atoms with Crippen LogP contribution in [0, 0.1) is 5.82 Å². The molecule has 4 rings (SSSR count). The maximum atomic E-state index is 14.5. The van der Waals surface area contributed by atoms with Crippen LogP contribution in [0.5, 0.6) is 0 Å². The number of aliphatic hydroxyl groups is 1. The molecule has 2 heterocycles. The van der Waals surface area contributed by atoms with E-state index in [1.807, 2.05) is 6.07 Å². The number of anilines is 2. The molecule has 1 saturated carbocycles. The van der Waals surface area contributed by atoms with Crippen LogP contribution in [-0.4, -0.2) is 67.8 Å². The molecular formula is C26H36ClFN4O3. The molecule has 0 spiro atoms. The molecule has 1 saturated heterocycles. The van der Waals surface area contributed by atoms with Crippen molar-refractivity contribution in [1.29, 1.82) is 0 Å². The Morgan fingerprint density at radius 3 is 2.66 bits per heavy atom. The zero-order valence-corrected chi connectivity index (χ0v) is 21.0. The van der Waals surface area contributed by atoms with E-state index < -0.39 is 5.60 Å². The molecule has 7 nitrogen and oxygen atoms in total. The Kier molecular flexibility index (Phi) is 9.19. The van der Waals surface area contributed by atoms with Crippen LogP contribution in [0.3, 0.4) is 0 Å². The predicted molar refractivity (Wildman–Crippen MR) is 138 cm³/mol. The van der Waals surface area contributed by atoms with Gasteiger partial charge in [0.15, 0.2) is 0 Å². The van der Waals surface area contributed by atoms with Gasteiger partial charge in [0, 0.05) is 70.1 Å². The van der Waals surface area contributed by atoms with E-state index in [2.05, 4.69) is 20.9 Å². The van der Waals surface area contributed by atoms with Crippen molar-refractivity contribution in [1.82, 2.24) is 10.3 Å². The molecule has 4 N–H and O–H groups in total. The monoisotopic (exact) mass is 506 g/mol. The van der Waals surface area contributed by atoms with Crippen LogP contribution in [0.25, 0.3) is 11.1 Å². The molecular weight excluding hydrogens is 471 g/mol. The first-order valence-electron chi connectivity index (χ1n) is 12.4. The summed E-state index contributed by atoms with van der Waals surface area (Å²) in [5.41, 5.74) is 1.01. The zero-order valence-electron chi connectivity index (χ0n) is 20.3. The van der Waals surface area contributed by atoms with Crippen molar-refractivity contribution in [2.75, 3.05) is 50.7 Å². The molecule has 0 radical (unpaired) electrons. The molecule has 1 aliphatic heterocycles. The second kappa shape index (κ2) is 12.3. The predicted octanol–water partition coefficient (Wildman–Crippen LogP) is 4.45. The molecule has 35 heavy (non-hydrogen) atoms. The lowest BCUT2D eigenvalue weighted by atomic mass is 9.91. The number of hydrogen-bond donors (Lipinski definition) is 4. The van der Waals surface area contributed by atoms with Crippen molar-refractivity contribution in [3.8, 4) is 11.1 Å². The summed E-state index contributed by atoms with van der Waals surface area (Å²) >= 11 is 6.49. The Balaban J connectivity index is 1.40. The van der Waals surface area contributed by atoms with Gasteiger partial charge in [-0.25, -0.2) is 9.37 Å². The van der Waals surface area contributed by atoms with Gasteiger partial charge in [0.2, 0.25) is 0 Å². The first-order chi connectivity index (χ1) is 17.0. The first-order valence-corrected chi connectivity index (χ1v) is 12.8. The van der Waals surface area contributed by atoms with E-state index in [0.717, 1.165) is 55.8 Å². The average molecular weight is 507 g/mol. The number of hydrogen-bond acceptors (Lipinski definition) is 7. The van der Waals surface area contributed by atoms with Crippen molar-refractivity contribution in [3.63, 3.8) is 0 Å². The summed E-state index contributed by atoms with van der Waals surface area (Å²) in [5, 5.41) is 21.4. The van der Waals surface area contributed by atoms with Gasteiger partial charge in [-0.15, -0.1) is 0 Å². The van der Waals surface area contributed by atoms with E-state index >= 15 is 0 Å². The number of nitrogens with one attached hydrogen (secondary N) is 3. The molecule has 192 valence electrons. The maximum absolute atomic E-state index is 14.5. The van der Waals surface area contributed by atoms with E-state index in [1.165, 1.54) is 6.07 Å². The standard InChI is InChI=1S/C26H36ClFN4O3/c1-34-13-10-29-19-3-5-20(6-4-19)32-25-15-21(22(27)16-30-25)18-2-7-23(28)24(14-18)31-17-26(33)8-11-35-12-9-26/h2,7,14-16,19-20,29,31,33H,3-6,8-13,17H2,1H3,(H,30,32). The number of aromatic nitrogens is 1. The minimum absolute atomic E-state index is 0.261. The summed E-state index contributed by atoms with van der Waals surface area (Å²) < 4.78 is 25.0. The van der Waals surface area contributed by atoms with Gasteiger partial charge in [-0.05, 0) is 49.4 Å². The molecule has 0 amide bonds. The fourth-order valence-electron chi connectivity index (χ4n) is 4.77. The van der Waals surface area contributed by atoms with E-state index in [4.69, 9.17) is 21.1 Å². The van der Waals surface area contributed by atoms with Crippen molar-refractivity contribution < 1.29 is 19.0 Å². The highest BCUT2D eigenvalue weighted by Crippen LogP contribution is 2.33. The van der Waals surface area contributed by atoms with Gasteiger partial charge in [-0.1, -0.05) is 17.7 Å². The van der Waals surface area contributed by atoms with Gasteiger partial charge in [-0.2, -0.15) is 0 Å². The lowest BCUT2D eigenvalue weighted by Crippen LogP contribution is -2.42. The fourth-order valence-corrected chi connectivity index (χ4v) is 4.98. The van der Waals surface area contributed by atoms with E-state index in [0.29, 0.717) is 48.8 Å². The normalized spacial score (nSPS) is 22.1. The molecule has 9 heteroatoms. The van der Waals surface area contributed by atoms with Crippen molar-refractivity contribution >= 4 is 23.1 Å². The van der Waals surface area contributed by atoms with Gasteiger partial charge in [0.25, 0.3) is 0 Å². The Labute approximate surface area is 211 Å². The highest BCUT2D eigenvalue weighted by Gasteiger charge is 2.29. The zero-order chi connectivity index (χ0) is 24.7. The Morgan fingerprint density at radius 2 is 1.91 bits per heavy atom. The topological polar surface area (TPSA) is 87.7 Å². The lowest BCUT2D eigenvalue weighted by molar-refractivity contribution is -0.0543. The van der Waals surface area contributed by atoms with Gasteiger partial charge >= 0.3 is 0 Å². The van der Waals surface area contributed by atoms with Gasteiger partial charge < -0.3 is 30.5 Å². The molecule has 1 aromatic heterocycles. The second-order valence-electron chi connectivity index (χ2n) is 9.57. The Bertz CT molecular complexity index is 966.